The Balaban J connectivity index is 2.39. The Bertz CT molecular complexity index is 393. The summed E-state index contributed by atoms with van der Waals surface area (Å²) in [7, 11) is 0. The molecule has 5 nitrogen and oxygen atoms in total. The second kappa shape index (κ2) is 6.18. The van der Waals surface area contributed by atoms with Crippen molar-refractivity contribution in [2.75, 3.05) is 11.9 Å². The summed E-state index contributed by atoms with van der Waals surface area (Å²) in [5.74, 6) is 0.299. The van der Waals surface area contributed by atoms with Gasteiger partial charge in [0.25, 0.3) is 0 Å². The number of aromatic nitrogens is 2. The lowest BCUT2D eigenvalue weighted by Gasteiger charge is -2.12. The average Bonchev–Trinajstić information content (AvgIpc) is 2.28. The van der Waals surface area contributed by atoms with Gasteiger partial charge in [-0.25, -0.2) is 4.98 Å². The minimum absolute atomic E-state index is 0.210. The molecule has 1 rings (SSSR count). The third-order valence-corrected chi connectivity index (χ3v) is 2.67. The first-order valence-corrected chi connectivity index (χ1v) is 5.75. The molecule has 1 unspecified atom stereocenters. The summed E-state index contributed by atoms with van der Waals surface area (Å²) < 4.78 is 0. The lowest BCUT2D eigenvalue weighted by Crippen LogP contribution is -2.14. The zero-order valence-corrected chi connectivity index (χ0v) is 10.5. The predicted molar refractivity (Wildman–Crippen MR) is 66.0 cm³/mol. The van der Waals surface area contributed by atoms with Crippen LogP contribution in [0.1, 0.15) is 31.2 Å². The largest absolute Gasteiger partial charge is 0.481 e. The van der Waals surface area contributed by atoms with Gasteiger partial charge in [0.1, 0.15) is 5.82 Å². The molecule has 5 heteroatoms. The van der Waals surface area contributed by atoms with E-state index in [0.29, 0.717) is 18.9 Å². The third-order valence-electron chi connectivity index (χ3n) is 2.67. The molecule has 0 amide bonds. The number of carboxylic acid groups (broad SMARTS) is 1. The van der Waals surface area contributed by atoms with Gasteiger partial charge in [0.05, 0.1) is 17.6 Å². The van der Waals surface area contributed by atoms with Crippen LogP contribution in [0.5, 0.6) is 0 Å². The van der Waals surface area contributed by atoms with E-state index in [1.54, 1.807) is 6.20 Å². The Morgan fingerprint density at radius 1 is 1.47 bits per heavy atom. The maximum atomic E-state index is 10.4. The fraction of sp³-hybridized carbons (Fsp3) is 0.583. The Hall–Kier alpha value is -1.65. The van der Waals surface area contributed by atoms with E-state index in [9.17, 15) is 4.79 Å². The minimum atomic E-state index is -0.747. The van der Waals surface area contributed by atoms with Gasteiger partial charge < -0.3 is 10.4 Å². The Morgan fingerprint density at radius 3 is 2.76 bits per heavy atom. The van der Waals surface area contributed by atoms with E-state index in [0.717, 1.165) is 17.2 Å². The zero-order valence-electron chi connectivity index (χ0n) is 10.5. The van der Waals surface area contributed by atoms with Crippen molar-refractivity contribution in [2.24, 2.45) is 5.92 Å². The smallest absolute Gasteiger partial charge is 0.303 e. The topological polar surface area (TPSA) is 75.1 Å². The van der Waals surface area contributed by atoms with E-state index in [1.807, 2.05) is 20.8 Å². The highest BCUT2D eigenvalue weighted by Crippen LogP contribution is 2.09. The lowest BCUT2D eigenvalue weighted by molar-refractivity contribution is -0.137. The summed E-state index contributed by atoms with van der Waals surface area (Å²) in [6.45, 7) is 6.57. The molecule has 0 saturated carbocycles. The van der Waals surface area contributed by atoms with E-state index >= 15 is 0 Å². The summed E-state index contributed by atoms with van der Waals surface area (Å²) in [4.78, 5) is 19.0. The molecule has 2 N–H and O–H groups in total. The van der Waals surface area contributed by atoms with Crippen molar-refractivity contribution in [3.8, 4) is 0 Å². The first kappa shape index (κ1) is 13.4. The first-order valence-electron chi connectivity index (χ1n) is 5.75. The Labute approximate surface area is 101 Å². The summed E-state index contributed by atoms with van der Waals surface area (Å²) in [5.41, 5.74) is 1.84. The molecule has 0 saturated heterocycles. The van der Waals surface area contributed by atoms with E-state index in [-0.39, 0.29) is 6.42 Å². The summed E-state index contributed by atoms with van der Waals surface area (Å²) in [6.07, 6.45) is 2.58. The van der Waals surface area contributed by atoms with Crippen LogP contribution in [0.25, 0.3) is 0 Å². The summed E-state index contributed by atoms with van der Waals surface area (Å²) in [6, 6.07) is 0. The SMILES string of the molecule is Cc1ncc(NCC(C)CCC(=O)O)nc1C. The van der Waals surface area contributed by atoms with E-state index in [1.165, 1.54) is 0 Å². The van der Waals surface area contributed by atoms with E-state index in [4.69, 9.17) is 5.11 Å². The fourth-order valence-corrected chi connectivity index (χ4v) is 1.38. The highest BCUT2D eigenvalue weighted by Gasteiger charge is 2.06. The second-order valence-electron chi connectivity index (χ2n) is 4.34. The van der Waals surface area contributed by atoms with Crippen LogP contribution in [0.15, 0.2) is 6.20 Å². The predicted octanol–water partition coefficient (Wildman–Crippen LogP) is 2.01. The van der Waals surface area contributed by atoms with E-state index < -0.39 is 5.97 Å². The van der Waals surface area contributed by atoms with Crippen LogP contribution >= 0.6 is 0 Å². The van der Waals surface area contributed by atoms with Crippen LogP contribution in [0, 0.1) is 19.8 Å². The van der Waals surface area contributed by atoms with Crippen LogP contribution in [-0.4, -0.2) is 27.6 Å². The van der Waals surface area contributed by atoms with Gasteiger partial charge in [-0.3, -0.25) is 9.78 Å². The van der Waals surface area contributed by atoms with Crippen molar-refractivity contribution < 1.29 is 9.90 Å². The molecule has 1 atom stereocenters. The highest BCUT2D eigenvalue weighted by molar-refractivity contribution is 5.66. The molecule has 17 heavy (non-hydrogen) atoms. The van der Waals surface area contributed by atoms with Gasteiger partial charge in [0.2, 0.25) is 0 Å². The van der Waals surface area contributed by atoms with Crippen LogP contribution < -0.4 is 5.32 Å². The maximum Gasteiger partial charge on any atom is 0.303 e. The molecule has 1 heterocycles. The van der Waals surface area contributed by atoms with Crippen LogP contribution in [0.3, 0.4) is 0 Å². The van der Waals surface area contributed by atoms with Crippen molar-refractivity contribution in [3.05, 3.63) is 17.6 Å². The number of nitrogens with one attached hydrogen (secondary N) is 1. The van der Waals surface area contributed by atoms with Crippen LogP contribution in [0.2, 0.25) is 0 Å². The molecule has 0 aliphatic rings. The molecule has 0 aliphatic carbocycles. The second-order valence-corrected chi connectivity index (χ2v) is 4.34. The molecule has 0 aromatic carbocycles. The molecular formula is C12H19N3O2. The monoisotopic (exact) mass is 237 g/mol. The summed E-state index contributed by atoms with van der Waals surface area (Å²) >= 11 is 0. The molecule has 94 valence electrons. The number of carboxylic acids is 1. The molecule has 0 bridgehead atoms. The highest BCUT2D eigenvalue weighted by atomic mass is 16.4. The number of carbonyl (C=O) groups is 1. The number of hydrogen-bond donors (Lipinski definition) is 2. The van der Waals surface area contributed by atoms with Gasteiger partial charge in [-0.1, -0.05) is 6.92 Å². The quantitative estimate of drug-likeness (QED) is 0.791. The average molecular weight is 237 g/mol. The van der Waals surface area contributed by atoms with Gasteiger partial charge in [0, 0.05) is 13.0 Å². The van der Waals surface area contributed by atoms with Crippen molar-refractivity contribution in [1.29, 1.82) is 0 Å². The first-order chi connectivity index (χ1) is 7.99. The van der Waals surface area contributed by atoms with Crippen molar-refractivity contribution >= 4 is 11.8 Å². The molecule has 0 aliphatic heterocycles. The number of aryl methyl sites for hydroxylation is 2. The zero-order chi connectivity index (χ0) is 12.8. The molecule has 0 radical (unpaired) electrons. The lowest BCUT2D eigenvalue weighted by atomic mass is 10.1. The normalized spacial score (nSPS) is 12.2. The van der Waals surface area contributed by atoms with Gasteiger partial charge in [-0.15, -0.1) is 0 Å². The van der Waals surface area contributed by atoms with Crippen LogP contribution in [-0.2, 0) is 4.79 Å². The van der Waals surface area contributed by atoms with Gasteiger partial charge >= 0.3 is 5.97 Å². The molecule has 1 aromatic heterocycles. The Morgan fingerprint density at radius 2 is 2.18 bits per heavy atom. The number of hydrogen-bond acceptors (Lipinski definition) is 4. The van der Waals surface area contributed by atoms with Gasteiger partial charge in [0.15, 0.2) is 0 Å². The Kier molecular flexibility index (Phi) is 4.87. The number of anilines is 1. The summed E-state index contributed by atoms with van der Waals surface area (Å²) in [5, 5.41) is 11.7. The van der Waals surface area contributed by atoms with Crippen molar-refractivity contribution in [2.45, 2.75) is 33.6 Å². The maximum absolute atomic E-state index is 10.4. The third kappa shape index (κ3) is 4.80. The molecule has 0 spiro atoms. The van der Waals surface area contributed by atoms with Gasteiger partial charge in [-0.05, 0) is 26.2 Å². The minimum Gasteiger partial charge on any atom is -0.481 e. The van der Waals surface area contributed by atoms with Crippen molar-refractivity contribution in [3.63, 3.8) is 0 Å². The number of nitrogens with zero attached hydrogens (tertiary/aromatic N) is 2. The molecule has 1 aromatic rings. The van der Waals surface area contributed by atoms with Crippen LogP contribution in [0.4, 0.5) is 5.82 Å². The standard InChI is InChI=1S/C12H19N3O2/c1-8(4-5-12(16)17)6-14-11-7-13-9(2)10(3)15-11/h7-8H,4-6H2,1-3H3,(H,14,15)(H,16,17). The fourth-order valence-electron chi connectivity index (χ4n) is 1.38. The molecular weight excluding hydrogens is 218 g/mol. The molecule has 0 fully saturated rings. The number of aliphatic carboxylic acids is 1. The van der Waals surface area contributed by atoms with E-state index in [2.05, 4.69) is 15.3 Å². The number of rotatable bonds is 6. The van der Waals surface area contributed by atoms with Crippen molar-refractivity contribution in [1.82, 2.24) is 9.97 Å². The van der Waals surface area contributed by atoms with Gasteiger partial charge in [-0.2, -0.15) is 0 Å².